The topological polar surface area (TPSA) is 63.4 Å². The summed E-state index contributed by atoms with van der Waals surface area (Å²) in [5, 5.41) is 4.58. The molecule has 0 saturated carbocycles. The minimum Gasteiger partial charge on any atom is -0.338 e. The van der Waals surface area contributed by atoms with E-state index in [1.54, 1.807) is 10.9 Å². The average Bonchev–Trinajstić information content (AvgIpc) is 3.63. The maximum absolute atomic E-state index is 13.8. The van der Waals surface area contributed by atoms with Crippen LogP contribution < -0.4 is 0 Å². The number of aromatic nitrogens is 3. The van der Waals surface area contributed by atoms with E-state index < -0.39 is 0 Å². The summed E-state index contributed by atoms with van der Waals surface area (Å²) in [7, 11) is 0. The average molecular weight is 480 g/mol. The fraction of sp³-hybridized carbons (Fsp3) is 0.276. The molecule has 2 aromatic carbocycles. The van der Waals surface area contributed by atoms with Crippen molar-refractivity contribution in [1.82, 2.24) is 24.1 Å². The van der Waals surface area contributed by atoms with Gasteiger partial charge in [-0.2, -0.15) is 5.10 Å². The number of benzene rings is 2. The molecule has 182 valence electrons. The van der Waals surface area contributed by atoms with Gasteiger partial charge in [-0.15, -0.1) is 0 Å². The third-order valence-corrected chi connectivity index (χ3v) is 7.32. The van der Waals surface area contributed by atoms with Gasteiger partial charge in [-0.05, 0) is 54.7 Å². The molecule has 0 N–H and O–H groups in total. The molecule has 0 radical (unpaired) electrons. The van der Waals surface area contributed by atoms with Crippen molar-refractivity contribution in [3.63, 3.8) is 0 Å². The van der Waals surface area contributed by atoms with Crippen LogP contribution in [0, 0.1) is 5.92 Å². The second kappa shape index (κ2) is 9.49. The van der Waals surface area contributed by atoms with E-state index in [1.807, 2.05) is 75.3 Å². The zero-order chi connectivity index (χ0) is 24.5. The Bertz CT molecular complexity index is 1380. The predicted molar refractivity (Wildman–Crippen MR) is 137 cm³/mol. The van der Waals surface area contributed by atoms with Crippen LogP contribution in [0.5, 0.6) is 0 Å². The lowest BCUT2D eigenvalue weighted by atomic mass is 9.93. The van der Waals surface area contributed by atoms with E-state index in [0.29, 0.717) is 31.0 Å². The first-order chi connectivity index (χ1) is 17.7. The number of hydrogen-bond acceptors (Lipinski definition) is 3. The molecule has 2 aliphatic heterocycles. The Balaban J connectivity index is 1.24. The van der Waals surface area contributed by atoms with Crippen LogP contribution in [0.1, 0.15) is 34.3 Å². The highest BCUT2D eigenvalue weighted by Gasteiger charge is 2.34. The first-order valence-corrected chi connectivity index (χ1v) is 12.6. The Morgan fingerprint density at radius 2 is 1.58 bits per heavy atom. The molecule has 7 nitrogen and oxygen atoms in total. The number of carbonyl (C=O) groups is 2. The van der Waals surface area contributed by atoms with E-state index in [0.717, 1.165) is 31.5 Å². The molecule has 7 heteroatoms. The van der Waals surface area contributed by atoms with Crippen molar-refractivity contribution in [2.45, 2.75) is 25.8 Å². The maximum Gasteiger partial charge on any atom is 0.259 e. The summed E-state index contributed by atoms with van der Waals surface area (Å²) in [5.41, 5.74) is 3.98. The zero-order valence-electron chi connectivity index (χ0n) is 20.2. The number of hydrogen-bond donors (Lipinski definition) is 0. The van der Waals surface area contributed by atoms with E-state index in [1.165, 1.54) is 11.1 Å². The third-order valence-electron chi connectivity index (χ3n) is 7.32. The van der Waals surface area contributed by atoms with Crippen molar-refractivity contribution in [2.24, 2.45) is 5.92 Å². The van der Waals surface area contributed by atoms with Gasteiger partial charge in [0.15, 0.2) is 5.82 Å². The molecule has 0 bridgehead atoms. The lowest BCUT2D eigenvalue weighted by Crippen LogP contribution is -2.47. The summed E-state index contributed by atoms with van der Waals surface area (Å²) in [6.07, 6.45) is 8.01. The van der Waals surface area contributed by atoms with Gasteiger partial charge >= 0.3 is 0 Å². The molecule has 1 atom stereocenters. The van der Waals surface area contributed by atoms with Crippen molar-refractivity contribution in [1.29, 1.82) is 0 Å². The summed E-state index contributed by atoms with van der Waals surface area (Å²) in [6.45, 7) is 2.48. The molecule has 2 aromatic heterocycles. The summed E-state index contributed by atoms with van der Waals surface area (Å²) < 4.78 is 3.72. The zero-order valence-corrected chi connectivity index (χ0v) is 20.2. The largest absolute Gasteiger partial charge is 0.338 e. The highest BCUT2D eigenvalue weighted by atomic mass is 16.2. The Kier molecular flexibility index (Phi) is 5.89. The van der Waals surface area contributed by atoms with Crippen molar-refractivity contribution < 1.29 is 9.59 Å². The lowest BCUT2D eigenvalue weighted by Gasteiger charge is -2.36. The molecule has 0 aliphatic carbocycles. The van der Waals surface area contributed by atoms with Crippen LogP contribution in [0.4, 0.5) is 0 Å². The number of rotatable bonds is 4. The highest BCUT2D eigenvalue weighted by molar-refractivity contribution is 5.97. The minimum absolute atomic E-state index is 0.0811. The van der Waals surface area contributed by atoms with Gasteiger partial charge in [0.05, 0.1) is 17.8 Å². The van der Waals surface area contributed by atoms with Crippen molar-refractivity contribution in [3.8, 4) is 11.5 Å². The fourth-order valence-electron chi connectivity index (χ4n) is 5.45. The number of amides is 2. The van der Waals surface area contributed by atoms with Crippen LogP contribution >= 0.6 is 0 Å². The quantitative estimate of drug-likeness (QED) is 0.443. The number of carbonyl (C=O) groups excluding carboxylic acids is 2. The third kappa shape index (κ3) is 4.11. The van der Waals surface area contributed by atoms with Crippen LogP contribution in [-0.2, 0) is 17.8 Å². The van der Waals surface area contributed by atoms with E-state index in [4.69, 9.17) is 0 Å². The number of fused-ring (bicyclic) bond motifs is 1. The number of para-hydroxylation sites is 1. The summed E-state index contributed by atoms with van der Waals surface area (Å²) in [4.78, 5) is 31.1. The SMILES string of the molecule is O=C(c1cnn(-c2ccccc2)c1-n1cccc1)N1CCCC(C(=O)N2CCc3ccccc3C2)C1. The highest BCUT2D eigenvalue weighted by Crippen LogP contribution is 2.27. The minimum atomic E-state index is -0.174. The normalized spacial score (nSPS) is 17.6. The summed E-state index contributed by atoms with van der Waals surface area (Å²) in [5.74, 6) is 0.611. The summed E-state index contributed by atoms with van der Waals surface area (Å²) in [6, 6.07) is 22.0. The molecule has 2 aliphatic rings. The Labute approximate surface area is 210 Å². The van der Waals surface area contributed by atoms with Crippen LogP contribution in [0.2, 0.25) is 0 Å². The van der Waals surface area contributed by atoms with Gasteiger partial charge in [0.1, 0.15) is 5.56 Å². The Morgan fingerprint density at radius 3 is 2.39 bits per heavy atom. The van der Waals surface area contributed by atoms with Gasteiger partial charge in [-0.1, -0.05) is 42.5 Å². The van der Waals surface area contributed by atoms with Gasteiger partial charge < -0.3 is 14.4 Å². The monoisotopic (exact) mass is 479 g/mol. The second-order valence-corrected chi connectivity index (χ2v) is 9.59. The Morgan fingerprint density at radius 1 is 0.833 bits per heavy atom. The summed E-state index contributed by atoms with van der Waals surface area (Å²) >= 11 is 0. The first kappa shape index (κ1) is 22.3. The standard InChI is InChI=1S/C29H29N5O2/c35-28(33-18-14-22-9-4-5-10-23(22)20-33)24-11-8-17-32(21-24)29(36)26-19-30-34(25-12-2-1-3-13-25)27(26)31-15-6-7-16-31/h1-7,9-10,12-13,15-16,19,24H,8,11,14,17-18,20-21H2. The first-order valence-electron chi connectivity index (χ1n) is 12.6. The van der Waals surface area contributed by atoms with Gasteiger partial charge in [-0.25, -0.2) is 4.68 Å². The van der Waals surface area contributed by atoms with E-state index >= 15 is 0 Å². The van der Waals surface area contributed by atoms with Gasteiger partial charge in [-0.3, -0.25) is 9.59 Å². The van der Waals surface area contributed by atoms with Crippen LogP contribution in [0.15, 0.2) is 85.3 Å². The van der Waals surface area contributed by atoms with Crippen LogP contribution in [-0.4, -0.2) is 55.6 Å². The second-order valence-electron chi connectivity index (χ2n) is 9.59. The molecule has 6 rings (SSSR count). The molecule has 1 saturated heterocycles. The van der Waals surface area contributed by atoms with Crippen molar-refractivity contribution in [3.05, 3.63) is 102 Å². The molecule has 4 heterocycles. The molecular formula is C29H29N5O2. The van der Waals surface area contributed by atoms with Gasteiger partial charge in [0.25, 0.3) is 5.91 Å². The number of likely N-dealkylation sites (tertiary alicyclic amines) is 1. The van der Waals surface area contributed by atoms with Crippen molar-refractivity contribution in [2.75, 3.05) is 19.6 Å². The fourth-order valence-corrected chi connectivity index (χ4v) is 5.45. The molecular weight excluding hydrogens is 450 g/mol. The van der Waals surface area contributed by atoms with Gasteiger partial charge in [0.2, 0.25) is 5.91 Å². The van der Waals surface area contributed by atoms with E-state index in [-0.39, 0.29) is 17.7 Å². The molecule has 1 fully saturated rings. The number of piperidine rings is 1. The van der Waals surface area contributed by atoms with Crippen molar-refractivity contribution >= 4 is 11.8 Å². The van der Waals surface area contributed by atoms with Crippen LogP contribution in [0.3, 0.4) is 0 Å². The molecule has 1 unspecified atom stereocenters. The van der Waals surface area contributed by atoms with Gasteiger partial charge in [0, 0.05) is 38.6 Å². The lowest BCUT2D eigenvalue weighted by molar-refractivity contribution is -0.137. The van der Waals surface area contributed by atoms with E-state index in [2.05, 4.69) is 23.3 Å². The maximum atomic E-state index is 13.8. The molecule has 4 aromatic rings. The molecule has 0 spiro atoms. The molecule has 36 heavy (non-hydrogen) atoms. The Hall–Kier alpha value is -4.13. The van der Waals surface area contributed by atoms with Crippen LogP contribution in [0.25, 0.3) is 11.5 Å². The number of nitrogens with zero attached hydrogens (tertiary/aromatic N) is 5. The smallest absolute Gasteiger partial charge is 0.259 e. The predicted octanol–water partition coefficient (Wildman–Crippen LogP) is 4.10. The molecule has 2 amide bonds. The van der Waals surface area contributed by atoms with E-state index in [9.17, 15) is 9.59 Å².